The molecule has 1 aliphatic rings. The Balaban J connectivity index is 1.77. The van der Waals surface area contributed by atoms with E-state index in [4.69, 9.17) is 4.74 Å². The van der Waals surface area contributed by atoms with Gasteiger partial charge in [0.25, 0.3) is 5.56 Å². The van der Waals surface area contributed by atoms with E-state index in [2.05, 4.69) is 9.97 Å². The summed E-state index contributed by atoms with van der Waals surface area (Å²) in [6.45, 7) is 4.19. The van der Waals surface area contributed by atoms with Crippen LogP contribution in [0.4, 0.5) is 0 Å². The monoisotopic (exact) mass is 344 g/mol. The Morgan fingerprint density at radius 2 is 2.28 bits per heavy atom. The molecule has 134 valence electrons. The van der Waals surface area contributed by atoms with Crippen LogP contribution in [0.15, 0.2) is 29.1 Å². The zero-order valence-corrected chi connectivity index (χ0v) is 14.8. The summed E-state index contributed by atoms with van der Waals surface area (Å²) in [5, 5.41) is 9.85. The first-order valence-electron chi connectivity index (χ1n) is 8.84. The maximum absolute atomic E-state index is 12.5. The molecule has 0 fully saturated rings. The van der Waals surface area contributed by atoms with E-state index in [-0.39, 0.29) is 11.7 Å². The normalized spacial score (nSPS) is 17.8. The number of aliphatic hydroxyl groups excluding tert-OH is 1. The Hall–Kier alpha value is -2.18. The van der Waals surface area contributed by atoms with Crippen LogP contribution in [-0.2, 0) is 19.4 Å². The second-order valence-corrected chi connectivity index (χ2v) is 6.66. The highest BCUT2D eigenvalue weighted by Gasteiger charge is 2.25. The van der Waals surface area contributed by atoms with Gasteiger partial charge in [-0.15, -0.1) is 0 Å². The van der Waals surface area contributed by atoms with Gasteiger partial charge in [0, 0.05) is 12.8 Å². The third-order valence-electron chi connectivity index (χ3n) is 4.79. The number of aliphatic hydroxyl groups is 1. The number of hydrogen-bond acceptors (Lipinski definition) is 4. The Kier molecular flexibility index (Phi) is 5.50. The summed E-state index contributed by atoms with van der Waals surface area (Å²) >= 11 is 0. The van der Waals surface area contributed by atoms with E-state index >= 15 is 0 Å². The van der Waals surface area contributed by atoms with E-state index in [1.807, 2.05) is 31.2 Å². The molecule has 2 heterocycles. The molecule has 2 atom stereocenters. The van der Waals surface area contributed by atoms with Gasteiger partial charge in [0.1, 0.15) is 30.8 Å². The van der Waals surface area contributed by atoms with Crippen molar-refractivity contribution < 1.29 is 14.7 Å². The molecule has 0 spiro atoms. The van der Waals surface area contributed by atoms with Crippen molar-refractivity contribution in [3.05, 3.63) is 57.3 Å². The summed E-state index contributed by atoms with van der Waals surface area (Å²) in [5.41, 5.74) is 2.66. The van der Waals surface area contributed by atoms with Crippen molar-refractivity contribution in [2.24, 2.45) is 0 Å². The van der Waals surface area contributed by atoms with Gasteiger partial charge in [-0.25, -0.2) is 4.98 Å². The quantitative estimate of drug-likeness (QED) is 0.693. The molecule has 0 saturated carbocycles. The number of ether oxygens (including phenoxy) is 1. The highest BCUT2D eigenvalue weighted by molar-refractivity contribution is 5.30. The number of fused-ring (bicyclic) bond motifs is 1. The molecule has 3 N–H and O–H groups in total. The van der Waals surface area contributed by atoms with Gasteiger partial charge in [0.05, 0.1) is 24.9 Å². The number of H-pyrrole nitrogens is 1. The van der Waals surface area contributed by atoms with Gasteiger partial charge in [0.2, 0.25) is 0 Å². The smallest absolute Gasteiger partial charge is 0.260 e. The van der Waals surface area contributed by atoms with Crippen LogP contribution in [-0.4, -0.2) is 41.4 Å². The molecule has 0 amide bonds. The van der Waals surface area contributed by atoms with Crippen LogP contribution in [0.1, 0.15) is 36.0 Å². The second kappa shape index (κ2) is 7.80. The van der Waals surface area contributed by atoms with E-state index in [0.29, 0.717) is 25.3 Å². The summed E-state index contributed by atoms with van der Waals surface area (Å²) in [4.78, 5) is 21.4. The number of aromatic nitrogens is 2. The topological polar surface area (TPSA) is 79.7 Å². The molecule has 6 heteroatoms. The molecule has 0 radical (unpaired) electrons. The summed E-state index contributed by atoms with van der Waals surface area (Å²) < 4.78 is 5.24. The molecule has 3 rings (SSSR count). The molecule has 1 aromatic carbocycles. The first-order valence-corrected chi connectivity index (χ1v) is 8.84. The minimum Gasteiger partial charge on any atom is -0.497 e. The SMILES string of the molecule is CC[C@H](O)C[NH+]1CCc2nc(Cc3cccc(OC)c3)[nH]c(=O)c2C1. The number of nitrogens with one attached hydrogen (secondary N) is 2. The molecule has 0 aliphatic carbocycles. The number of benzene rings is 1. The second-order valence-electron chi connectivity index (χ2n) is 6.66. The fourth-order valence-corrected chi connectivity index (χ4v) is 3.33. The van der Waals surface area contributed by atoms with Gasteiger partial charge >= 0.3 is 0 Å². The molecular formula is C19H26N3O3+. The summed E-state index contributed by atoms with van der Waals surface area (Å²) in [6, 6.07) is 7.79. The van der Waals surface area contributed by atoms with Crippen LogP contribution in [0.3, 0.4) is 0 Å². The molecule has 1 unspecified atom stereocenters. The number of quaternary nitrogens is 1. The lowest BCUT2D eigenvalue weighted by Crippen LogP contribution is -3.13. The van der Waals surface area contributed by atoms with E-state index in [9.17, 15) is 9.90 Å². The molecule has 2 aromatic rings. The summed E-state index contributed by atoms with van der Waals surface area (Å²) in [5.74, 6) is 1.49. The van der Waals surface area contributed by atoms with Crippen LogP contribution < -0.4 is 15.2 Å². The van der Waals surface area contributed by atoms with Crippen molar-refractivity contribution in [2.75, 3.05) is 20.2 Å². The van der Waals surface area contributed by atoms with Gasteiger partial charge in [-0.1, -0.05) is 19.1 Å². The number of rotatable bonds is 6. The highest BCUT2D eigenvalue weighted by atomic mass is 16.5. The minimum absolute atomic E-state index is 0.0499. The van der Waals surface area contributed by atoms with Crippen LogP contribution in [0.2, 0.25) is 0 Å². The van der Waals surface area contributed by atoms with Crippen LogP contribution in [0, 0.1) is 0 Å². The van der Waals surface area contributed by atoms with E-state index in [0.717, 1.165) is 42.0 Å². The fourth-order valence-electron chi connectivity index (χ4n) is 3.33. The molecule has 25 heavy (non-hydrogen) atoms. The maximum Gasteiger partial charge on any atom is 0.260 e. The molecule has 1 aromatic heterocycles. The highest BCUT2D eigenvalue weighted by Crippen LogP contribution is 2.15. The average molecular weight is 344 g/mol. The summed E-state index contributed by atoms with van der Waals surface area (Å²) in [6.07, 6.45) is 1.78. The van der Waals surface area contributed by atoms with Crippen LogP contribution in [0.25, 0.3) is 0 Å². The lowest BCUT2D eigenvalue weighted by Gasteiger charge is -2.26. The zero-order chi connectivity index (χ0) is 17.8. The average Bonchev–Trinajstić information content (AvgIpc) is 2.62. The van der Waals surface area contributed by atoms with Crippen LogP contribution in [0.5, 0.6) is 5.75 Å². The number of nitrogens with zero attached hydrogens (tertiary/aromatic N) is 1. The Bertz CT molecular complexity index is 788. The third-order valence-corrected chi connectivity index (χ3v) is 4.79. The van der Waals surface area contributed by atoms with Gasteiger partial charge in [0.15, 0.2) is 0 Å². The molecule has 0 bridgehead atoms. The van der Waals surface area contributed by atoms with E-state index < -0.39 is 0 Å². The summed E-state index contributed by atoms with van der Waals surface area (Å²) in [7, 11) is 1.64. The van der Waals surface area contributed by atoms with Crippen molar-refractivity contribution in [1.29, 1.82) is 0 Å². The van der Waals surface area contributed by atoms with Crippen molar-refractivity contribution in [3.63, 3.8) is 0 Å². The van der Waals surface area contributed by atoms with Crippen molar-refractivity contribution in [3.8, 4) is 5.75 Å². The van der Waals surface area contributed by atoms with Crippen molar-refractivity contribution in [1.82, 2.24) is 9.97 Å². The Labute approximate surface area is 147 Å². The van der Waals surface area contributed by atoms with Crippen LogP contribution >= 0.6 is 0 Å². The van der Waals surface area contributed by atoms with Gasteiger partial charge < -0.3 is 19.7 Å². The van der Waals surface area contributed by atoms with Crippen molar-refractivity contribution in [2.45, 2.75) is 38.8 Å². The van der Waals surface area contributed by atoms with E-state index in [1.165, 1.54) is 4.90 Å². The predicted molar refractivity (Wildman–Crippen MR) is 95.1 cm³/mol. The molecule has 6 nitrogen and oxygen atoms in total. The number of methoxy groups -OCH3 is 1. The number of hydrogen-bond donors (Lipinski definition) is 3. The largest absolute Gasteiger partial charge is 0.497 e. The molecule has 0 saturated heterocycles. The van der Waals surface area contributed by atoms with Gasteiger partial charge in [-0.05, 0) is 24.1 Å². The Morgan fingerprint density at radius 1 is 1.44 bits per heavy atom. The zero-order valence-electron chi connectivity index (χ0n) is 14.8. The minimum atomic E-state index is -0.309. The standard InChI is InChI=1S/C19H25N3O3/c1-3-14(23)11-22-8-7-17-16(12-22)19(24)21-18(20-17)10-13-5-4-6-15(9-13)25-2/h4-6,9,14,23H,3,7-8,10-12H2,1-2H3,(H,20,21,24)/p+1/t14-/m0/s1. The lowest BCUT2D eigenvalue weighted by molar-refractivity contribution is -0.919. The first-order chi connectivity index (χ1) is 12.1. The first kappa shape index (κ1) is 17.6. The van der Waals surface area contributed by atoms with Gasteiger partial charge in [-0.2, -0.15) is 0 Å². The Morgan fingerprint density at radius 3 is 3.04 bits per heavy atom. The van der Waals surface area contributed by atoms with E-state index in [1.54, 1.807) is 7.11 Å². The molecular weight excluding hydrogens is 318 g/mol. The molecule has 1 aliphatic heterocycles. The third kappa shape index (κ3) is 4.27. The maximum atomic E-state index is 12.5. The fraction of sp³-hybridized carbons (Fsp3) is 0.474. The predicted octanol–water partition coefficient (Wildman–Crippen LogP) is 0.0812. The number of aromatic amines is 1. The van der Waals surface area contributed by atoms with Crippen molar-refractivity contribution >= 4 is 0 Å². The lowest BCUT2D eigenvalue weighted by atomic mass is 10.1. The van der Waals surface area contributed by atoms with Gasteiger partial charge in [-0.3, -0.25) is 4.79 Å².